The standard InChI is InChI=1S/C19H20N2O3/c1-3-24-16-6-4-15(5-7-16)20-19(22)13-21-11-10-14-12-17(23-2)8-9-18(14)21/h4-12H,3,13H2,1-2H3,(H,20,22). The third-order valence-electron chi connectivity index (χ3n) is 3.74. The highest BCUT2D eigenvalue weighted by Gasteiger charge is 2.08. The lowest BCUT2D eigenvalue weighted by molar-refractivity contribution is -0.116. The summed E-state index contributed by atoms with van der Waals surface area (Å²) in [6.45, 7) is 2.81. The number of fused-ring (bicyclic) bond motifs is 1. The van der Waals surface area contributed by atoms with E-state index in [0.717, 1.165) is 28.1 Å². The lowest BCUT2D eigenvalue weighted by Crippen LogP contribution is -2.18. The number of carbonyl (C=O) groups is 1. The van der Waals surface area contributed by atoms with Crippen LogP contribution in [0.3, 0.4) is 0 Å². The summed E-state index contributed by atoms with van der Waals surface area (Å²) in [5.41, 5.74) is 1.75. The minimum Gasteiger partial charge on any atom is -0.497 e. The Balaban J connectivity index is 1.68. The monoisotopic (exact) mass is 324 g/mol. The Morgan fingerprint density at radius 1 is 1.08 bits per heavy atom. The second-order valence-corrected chi connectivity index (χ2v) is 5.37. The van der Waals surface area contributed by atoms with E-state index in [1.54, 1.807) is 7.11 Å². The van der Waals surface area contributed by atoms with Gasteiger partial charge in [0, 0.05) is 22.8 Å². The fourth-order valence-corrected chi connectivity index (χ4v) is 2.60. The molecule has 1 N–H and O–H groups in total. The SMILES string of the molecule is CCOc1ccc(NC(=O)Cn2ccc3cc(OC)ccc32)cc1. The molecule has 0 aliphatic carbocycles. The van der Waals surface area contributed by atoms with E-state index < -0.39 is 0 Å². The van der Waals surface area contributed by atoms with E-state index in [1.165, 1.54) is 0 Å². The molecule has 0 saturated carbocycles. The molecule has 0 bridgehead atoms. The zero-order valence-corrected chi connectivity index (χ0v) is 13.8. The highest BCUT2D eigenvalue weighted by Crippen LogP contribution is 2.22. The van der Waals surface area contributed by atoms with Gasteiger partial charge >= 0.3 is 0 Å². The van der Waals surface area contributed by atoms with Crippen molar-refractivity contribution in [2.24, 2.45) is 0 Å². The predicted molar refractivity (Wildman–Crippen MR) is 94.7 cm³/mol. The normalized spacial score (nSPS) is 10.6. The van der Waals surface area contributed by atoms with Gasteiger partial charge in [-0.05, 0) is 55.5 Å². The summed E-state index contributed by atoms with van der Waals surface area (Å²) in [5.74, 6) is 1.52. The average molecular weight is 324 g/mol. The molecular weight excluding hydrogens is 304 g/mol. The predicted octanol–water partition coefficient (Wildman–Crippen LogP) is 3.69. The molecule has 0 unspecified atom stereocenters. The molecule has 0 atom stereocenters. The molecule has 3 rings (SSSR count). The molecule has 1 heterocycles. The number of hydrogen-bond donors (Lipinski definition) is 1. The maximum absolute atomic E-state index is 12.3. The van der Waals surface area contributed by atoms with Crippen molar-refractivity contribution in [2.75, 3.05) is 19.0 Å². The molecule has 5 nitrogen and oxygen atoms in total. The van der Waals surface area contributed by atoms with Gasteiger partial charge in [-0.15, -0.1) is 0 Å². The molecule has 3 aromatic rings. The summed E-state index contributed by atoms with van der Waals surface area (Å²) < 4.78 is 12.5. The van der Waals surface area contributed by atoms with Crippen LogP contribution in [0.5, 0.6) is 11.5 Å². The molecule has 0 radical (unpaired) electrons. The van der Waals surface area contributed by atoms with Crippen molar-refractivity contribution in [3.8, 4) is 11.5 Å². The number of methoxy groups -OCH3 is 1. The van der Waals surface area contributed by atoms with Crippen molar-refractivity contribution in [1.29, 1.82) is 0 Å². The molecule has 0 fully saturated rings. The number of benzene rings is 2. The smallest absolute Gasteiger partial charge is 0.244 e. The van der Waals surface area contributed by atoms with Gasteiger partial charge in [-0.1, -0.05) is 0 Å². The van der Waals surface area contributed by atoms with Crippen LogP contribution in [0.15, 0.2) is 54.7 Å². The van der Waals surface area contributed by atoms with Crippen LogP contribution < -0.4 is 14.8 Å². The van der Waals surface area contributed by atoms with E-state index in [4.69, 9.17) is 9.47 Å². The van der Waals surface area contributed by atoms with E-state index >= 15 is 0 Å². The van der Waals surface area contributed by atoms with Gasteiger partial charge in [0.05, 0.1) is 13.7 Å². The van der Waals surface area contributed by atoms with Crippen LogP contribution in [-0.2, 0) is 11.3 Å². The van der Waals surface area contributed by atoms with E-state index in [1.807, 2.05) is 66.2 Å². The van der Waals surface area contributed by atoms with Gasteiger partial charge in [0.25, 0.3) is 0 Å². The average Bonchev–Trinajstić information content (AvgIpc) is 2.99. The molecule has 0 aliphatic heterocycles. The van der Waals surface area contributed by atoms with E-state index in [9.17, 15) is 4.79 Å². The Kier molecular flexibility index (Phi) is 4.70. The molecular formula is C19H20N2O3. The maximum Gasteiger partial charge on any atom is 0.244 e. The first-order chi connectivity index (χ1) is 11.7. The summed E-state index contributed by atoms with van der Waals surface area (Å²) in [7, 11) is 1.64. The van der Waals surface area contributed by atoms with E-state index in [0.29, 0.717) is 6.61 Å². The minimum absolute atomic E-state index is 0.0764. The summed E-state index contributed by atoms with van der Waals surface area (Å²) >= 11 is 0. The Hall–Kier alpha value is -2.95. The molecule has 124 valence electrons. The zero-order valence-electron chi connectivity index (χ0n) is 13.8. The lowest BCUT2D eigenvalue weighted by atomic mass is 10.2. The third kappa shape index (κ3) is 3.51. The quantitative estimate of drug-likeness (QED) is 0.752. The molecule has 0 spiro atoms. The van der Waals surface area contributed by atoms with Crippen molar-refractivity contribution >= 4 is 22.5 Å². The van der Waals surface area contributed by atoms with E-state index in [2.05, 4.69) is 5.32 Å². The number of rotatable bonds is 6. The molecule has 0 saturated heterocycles. The molecule has 2 aromatic carbocycles. The number of aromatic nitrogens is 1. The number of hydrogen-bond acceptors (Lipinski definition) is 3. The molecule has 5 heteroatoms. The van der Waals surface area contributed by atoms with Crippen molar-refractivity contribution < 1.29 is 14.3 Å². The van der Waals surface area contributed by atoms with Crippen LogP contribution in [0, 0.1) is 0 Å². The van der Waals surface area contributed by atoms with Crippen molar-refractivity contribution in [2.45, 2.75) is 13.5 Å². The highest BCUT2D eigenvalue weighted by atomic mass is 16.5. The molecule has 24 heavy (non-hydrogen) atoms. The van der Waals surface area contributed by atoms with Crippen LogP contribution in [0.1, 0.15) is 6.92 Å². The van der Waals surface area contributed by atoms with Gasteiger partial charge in [-0.25, -0.2) is 0 Å². The van der Waals surface area contributed by atoms with Gasteiger partial charge in [0.1, 0.15) is 18.0 Å². The van der Waals surface area contributed by atoms with Crippen LogP contribution in [-0.4, -0.2) is 24.2 Å². The van der Waals surface area contributed by atoms with Crippen LogP contribution in [0.4, 0.5) is 5.69 Å². The van der Waals surface area contributed by atoms with Gasteiger partial charge < -0.3 is 19.4 Å². The maximum atomic E-state index is 12.3. The van der Waals surface area contributed by atoms with E-state index in [-0.39, 0.29) is 12.5 Å². The fraction of sp³-hybridized carbons (Fsp3) is 0.211. The second-order valence-electron chi connectivity index (χ2n) is 5.37. The van der Waals surface area contributed by atoms with Crippen molar-refractivity contribution in [3.05, 3.63) is 54.7 Å². The Morgan fingerprint density at radius 2 is 1.83 bits per heavy atom. The first kappa shape index (κ1) is 15.9. The van der Waals surface area contributed by atoms with Gasteiger partial charge in [-0.2, -0.15) is 0 Å². The lowest BCUT2D eigenvalue weighted by Gasteiger charge is -2.09. The fourth-order valence-electron chi connectivity index (χ4n) is 2.60. The molecule has 0 aliphatic rings. The Morgan fingerprint density at radius 3 is 2.54 bits per heavy atom. The first-order valence-electron chi connectivity index (χ1n) is 7.85. The largest absolute Gasteiger partial charge is 0.497 e. The first-order valence-corrected chi connectivity index (χ1v) is 7.85. The number of ether oxygens (including phenoxy) is 2. The topological polar surface area (TPSA) is 52.5 Å². The Bertz CT molecular complexity index is 837. The van der Waals surface area contributed by atoms with Crippen molar-refractivity contribution in [3.63, 3.8) is 0 Å². The number of anilines is 1. The summed E-state index contributed by atoms with van der Waals surface area (Å²) in [4.78, 5) is 12.3. The van der Waals surface area contributed by atoms with Crippen LogP contribution >= 0.6 is 0 Å². The second kappa shape index (κ2) is 7.08. The van der Waals surface area contributed by atoms with Crippen LogP contribution in [0.25, 0.3) is 10.9 Å². The third-order valence-corrected chi connectivity index (χ3v) is 3.74. The summed E-state index contributed by atoms with van der Waals surface area (Å²) in [6.07, 6.45) is 1.90. The van der Waals surface area contributed by atoms with Gasteiger partial charge in [-0.3, -0.25) is 4.79 Å². The number of amides is 1. The summed E-state index contributed by atoms with van der Waals surface area (Å²) in [5, 5.41) is 3.94. The molecule has 1 aromatic heterocycles. The van der Waals surface area contributed by atoms with Gasteiger partial charge in [0.2, 0.25) is 5.91 Å². The highest BCUT2D eigenvalue weighted by molar-refractivity contribution is 5.92. The number of carbonyl (C=O) groups excluding carboxylic acids is 1. The van der Waals surface area contributed by atoms with Gasteiger partial charge in [0.15, 0.2) is 0 Å². The Labute approximate surface area is 140 Å². The summed E-state index contributed by atoms with van der Waals surface area (Å²) in [6, 6.07) is 15.1. The number of nitrogens with one attached hydrogen (secondary N) is 1. The zero-order chi connectivity index (χ0) is 16.9. The van der Waals surface area contributed by atoms with Crippen molar-refractivity contribution in [1.82, 2.24) is 4.57 Å². The number of nitrogens with zero attached hydrogens (tertiary/aromatic N) is 1. The minimum atomic E-state index is -0.0764. The van der Waals surface area contributed by atoms with Crippen LogP contribution in [0.2, 0.25) is 0 Å². The molecule has 1 amide bonds.